The average Bonchev–Trinajstić information content (AvgIpc) is 3.61. The van der Waals surface area contributed by atoms with Gasteiger partial charge >= 0.3 is 5.97 Å². The molecule has 0 amide bonds. The number of carbonyl (C=O) groups excluding carboxylic acids is 1. The van der Waals surface area contributed by atoms with Gasteiger partial charge in [0, 0.05) is 5.56 Å². The first-order valence-electron chi connectivity index (χ1n) is 9.86. The molecule has 0 saturated heterocycles. The first kappa shape index (κ1) is 19.1. The summed E-state index contributed by atoms with van der Waals surface area (Å²) in [6.07, 6.45) is 2.26. The topological polar surface area (TPSA) is 44.8 Å². The van der Waals surface area contributed by atoms with E-state index >= 15 is 0 Å². The van der Waals surface area contributed by atoms with Crippen LogP contribution in [-0.4, -0.2) is 19.7 Å². The third kappa shape index (κ3) is 4.77. The van der Waals surface area contributed by atoms with E-state index in [-0.39, 0.29) is 5.97 Å². The van der Waals surface area contributed by atoms with E-state index in [9.17, 15) is 4.79 Å². The Morgan fingerprint density at radius 1 is 0.931 bits per heavy atom. The van der Waals surface area contributed by atoms with Gasteiger partial charge in [0.05, 0.1) is 13.7 Å². The van der Waals surface area contributed by atoms with Gasteiger partial charge in [0.15, 0.2) is 0 Å². The molecule has 3 aromatic carbocycles. The van der Waals surface area contributed by atoms with Crippen molar-refractivity contribution in [3.8, 4) is 22.6 Å². The molecule has 0 bridgehead atoms. The Bertz CT molecular complexity index is 977. The number of rotatable bonds is 8. The maximum Gasteiger partial charge on any atom is 0.341 e. The zero-order valence-electron chi connectivity index (χ0n) is 16.5. The Kier molecular flexibility index (Phi) is 5.80. The van der Waals surface area contributed by atoms with E-state index in [1.807, 2.05) is 72.8 Å². The van der Waals surface area contributed by atoms with Crippen LogP contribution in [-0.2, 0) is 11.3 Å². The van der Waals surface area contributed by atoms with Crippen molar-refractivity contribution in [3.05, 3.63) is 83.9 Å². The SMILES string of the molecule is COc1ccccc1-c1ccc(OCc2ccccc2)c(C(=O)OCC2CC2)c1. The quantitative estimate of drug-likeness (QED) is 0.478. The Hall–Kier alpha value is -3.27. The second-order valence-electron chi connectivity index (χ2n) is 7.23. The minimum absolute atomic E-state index is 0.350. The number of methoxy groups -OCH3 is 1. The van der Waals surface area contributed by atoms with Gasteiger partial charge in [-0.3, -0.25) is 0 Å². The average molecular weight is 388 g/mol. The molecule has 1 aliphatic carbocycles. The van der Waals surface area contributed by atoms with Gasteiger partial charge in [-0.25, -0.2) is 4.79 Å². The van der Waals surface area contributed by atoms with Crippen LogP contribution < -0.4 is 9.47 Å². The van der Waals surface area contributed by atoms with Gasteiger partial charge in [0.25, 0.3) is 0 Å². The molecule has 1 fully saturated rings. The highest BCUT2D eigenvalue weighted by molar-refractivity contribution is 5.94. The van der Waals surface area contributed by atoms with Crippen LogP contribution >= 0.6 is 0 Å². The largest absolute Gasteiger partial charge is 0.496 e. The van der Waals surface area contributed by atoms with Crippen molar-refractivity contribution in [2.75, 3.05) is 13.7 Å². The van der Waals surface area contributed by atoms with Crippen molar-refractivity contribution in [1.29, 1.82) is 0 Å². The number of para-hydroxylation sites is 1. The van der Waals surface area contributed by atoms with Crippen LogP contribution in [0.5, 0.6) is 11.5 Å². The smallest absolute Gasteiger partial charge is 0.341 e. The van der Waals surface area contributed by atoms with Crippen LogP contribution in [0, 0.1) is 5.92 Å². The molecule has 0 N–H and O–H groups in total. The molecule has 0 unspecified atom stereocenters. The summed E-state index contributed by atoms with van der Waals surface area (Å²) in [5.41, 5.74) is 3.28. The van der Waals surface area contributed by atoms with E-state index in [0.29, 0.717) is 30.4 Å². The first-order valence-corrected chi connectivity index (χ1v) is 9.86. The number of carbonyl (C=O) groups is 1. The van der Waals surface area contributed by atoms with Gasteiger partial charge in [-0.15, -0.1) is 0 Å². The summed E-state index contributed by atoms with van der Waals surface area (Å²) >= 11 is 0. The van der Waals surface area contributed by atoms with Gasteiger partial charge in [0.2, 0.25) is 0 Å². The van der Waals surface area contributed by atoms with Crippen LogP contribution in [0.15, 0.2) is 72.8 Å². The maximum absolute atomic E-state index is 12.8. The van der Waals surface area contributed by atoms with Crippen molar-refractivity contribution in [2.24, 2.45) is 5.92 Å². The van der Waals surface area contributed by atoms with E-state index in [1.165, 1.54) is 0 Å². The van der Waals surface area contributed by atoms with Crippen molar-refractivity contribution in [2.45, 2.75) is 19.4 Å². The number of hydrogen-bond donors (Lipinski definition) is 0. The van der Waals surface area contributed by atoms with Gasteiger partial charge < -0.3 is 14.2 Å². The molecule has 0 heterocycles. The molecule has 4 nitrogen and oxygen atoms in total. The molecule has 0 aromatic heterocycles. The first-order chi connectivity index (χ1) is 14.2. The lowest BCUT2D eigenvalue weighted by molar-refractivity contribution is 0.0481. The van der Waals surface area contributed by atoms with E-state index < -0.39 is 0 Å². The highest BCUT2D eigenvalue weighted by Crippen LogP contribution is 2.34. The number of ether oxygens (including phenoxy) is 3. The second kappa shape index (κ2) is 8.82. The fourth-order valence-corrected chi connectivity index (χ4v) is 3.16. The molecule has 1 saturated carbocycles. The molecule has 4 rings (SSSR count). The molecule has 0 aliphatic heterocycles. The lowest BCUT2D eigenvalue weighted by Crippen LogP contribution is -2.10. The Morgan fingerprint density at radius 2 is 1.69 bits per heavy atom. The van der Waals surface area contributed by atoms with Gasteiger partial charge in [-0.1, -0.05) is 54.6 Å². The van der Waals surface area contributed by atoms with Crippen LogP contribution in [0.2, 0.25) is 0 Å². The second-order valence-corrected chi connectivity index (χ2v) is 7.23. The van der Waals surface area contributed by atoms with Gasteiger partial charge in [0.1, 0.15) is 23.7 Å². The number of esters is 1. The summed E-state index contributed by atoms with van der Waals surface area (Å²) in [5.74, 6) is 1.43. The summed E-state index contributed by atoms with van der Waals surface area (Å²) in [5, 5.41) is 0. The molecule has 0 radical (unpaired) electrons. The van der Waals surface area contributed by atoms with E-state index in [4.69, 9.17) is 14.2 Å². The summed E-state index contributed by atoms with van der Waals surface area (Å²) < 4.78 is 17.0. The van der Waals surface area contributed by atoms with Crippen LogP contribution in [0.3, 0.4) is 0 Å². The van der Waals surface area contributed by atoms with Gasteiger partial charge in [-0.2, -0.15) is 0 Å². The molecule has 3 aromatic rings. The predicted octanol–water partition coefficient (Wildman–Crippen LogP) is 5.51. The molecule has 29 heavy (non-hydrogen) atoms. The molecule has 1 aliphatic rings. The molecule has 4 heteroatoms. The monoisotopic (exact) mass is 388 g/mol. The highest BCUT2D eigenvalue weighted by Gasteiger charge is 2.25. The summed E-state index contributed by atoms with van der Waals surface area (Å²) in [4.78, 5) is 12.8. The third-order valence-corrected chi connectivity index (χ3v) is 5.00. The Morgan fingerprint density at radius 3 is 2.45 bits per heavy atom. The van der Waals surface area contributed by atoms with Crippen LogP contribution in [0.1, 0.15) is 28.8 Å². The summed E-state index contributed by atoms with van der Waals surface area (Å²) in [6.45, 7) is 0.855. The number of benzene rings is 3. The normalized spacial score (nSPS) is 13.0. The van der Waals surface area contributed by atoms with Crippen LogP contribution in [0.25, 0.3) is 11.1 Å². The Balaban J connectivity index is 1.63. The van der Waals surface area contributed by atoms with E-state index in [1.54, 1.807) is 7.11 Å². The number of hydrogen-bond acceptors (Lipinski definition) is 4. The standard InChI is InChI=1S/C25H24O4/c1-27-23-10-6-5-9-21(23)20-13-14-24(28-16-18-7-3-2-4-8-18)22(15-20)25(26)29-17-19-11-12-19/h2-10,13-15,19H,11-12,16-17H2,1H3. The van der Waals surface area contributed by atoms with Crippen molar-refractivity contribution < 1.29 is 19.0 Å². The van der Waals surface area contributed by atoms with Crippen molar-refractivity contribution >= 4 is 5.97 Å². The molecule has 148 valence electrons. The lowest BCUT2D eigenvalue weighted by atomic mass is 10.0. The predicted molar refractivity (Wildman–Crippen MR) is 112 cm³/mol. The van der Waals surface area contributed by atoms with E-state index in [0.717, 1.165) is 35.3 Å². The minimum Gasteiger partial charge on any atom is -0.496 e. The lowest BCUT2D eigenvalue weighted by Gasteiger charge is -2.14. The fourth-order valence-electron chi connectivity index (χ4n) is 3.16. The minimum atomic E-state index is -0.350. The zero-order valence-corrected chi connectivity index (χ0v) is 16.5. The molecule has 0 atom stereocenters. The molecular weight excluding hydrogens is 364 g/mol. The Labute approximate surface area is 171 Å². The maximum atomic E-state index is 12.8. The summed E-state index contributed by atoms with van der Waals surface area (Å²) in [6, 6.07) is 23.2. The summed E-state index contributed by atoms with van der Waals surface area (Å²) in [7, 11) is 1.64. The van der Waals surface area contributed by atoms with Gasteiger partial charge in [-0.05, 0) is 48.1 Å². The fraction of sp³-hybridized carbons (Fsp3) is 0.240. The van der Waals surface area contributed by atoms with E-state index in [2.05, 4.69) is 0 Å². The molecular formula is C25H24O4. The molecule has 0 spiro atoms. The highest BCUT2D eigenvalue weighted by atomic mass is 16.5. The van der Waals surface area contributed by atoms with Crippen molar-refractivity contribution in [1.82, 2.24) is 0 Å². The third-order valence-electron chi connectivity index (χ3n) is 5.00. The van der Waals surface area contributed by atoms with Crippen LogP contribution in [0.4, 0.5) is 0 Å². The zero-order chi connectivity index (χ0) is 20.1. The van der Waals surface area contributed by atoms with Crippen molar-refractivity contribution in [3.63, 3.8) is 0 Å².